The number of fused-ring (bicyclic) bond motifs is 1. The van der Waals surface area contributed by atoms with Crippen molar-refractivity contribution in [1.82, 2.24) is 4.57 Å². The van der Waals surface area contributed by atoms with Gasteiger partial charge in [-0.3, -0.25) is 9.36 Å². The van der Waals surface area contributed by atoms with Crippen LogP contribution in [0.25, 0.3) is 10.9 Å². The minimum atomic E-state index is -0.491. The van der Waals surface area contributed by atoms with Gasteiger partial charge in [0.25, 0.3) is 0 Å². The molecule has 0 aliphatic carbocycles. The van der Waals surface area contributed by atoms with Crippen LogP contribution in [0.15, 0.2) is 36.5 Å². The molecular weight excluding hydrogens is 266 g/mol. The van der Waals surface area contributed by atoms with Gasteiger partial charge in [0.1, 0.15) is 4.32 Å². The van der Waals surface area contributed by atoms with Gasteiger partial charge in [-0.25, -0.2) is 0 Å². The summed E-state index contributed by atoms with van der Waals surface area (Å²) in [4.78, 5) is 12.3. The summed E-state index contributed by atoms with van der Waals surface area (Å²) in [5.74, 6) is 0.0798. The average molecular weight is 280 g/mol. The highest BCUT2D eigenvalue weighted by Crippen LogP contribution is 2.26. The molecule has 0 saturated carbocycles. The van der Waals surface area contributed by atoms with Gasteiger partial charge in [0.15, 0.2) is 0 Å². The third kappa shape index (κ3) is 1.80. The van der Waals surface area contributed by atoms with Crippen LogP contribution in [0.5, 0.6) is 0 Å². The largest absolute Gasteiger partial charge is 0.286 e. The van der Waals surface area contributed by atoms with Crippen LogP contribution < -0.4 is 0 Å². The van der Waals surface area contributed by atoms with Crippen LogP contribution in [-0.4, -0.2) is 14.8 Å². The maximum Gasteiger partial charge on any atom is 0.247 e. The number of para-hydroxylation sites is 1. The summed E-state index contributed by atoms with van der Waals surface area (Å²) in [5.41, 5.74) is 0.964. The SMILES string of the molecule is CCC(C)(Br)C(=O)n1ccc2ccccc21. The molecule has 0 fully saturated rings. The molecule has 0 saturated heterocycles. The van der Waals surface area contributed by atoms with Crippen LogP contribution in [0.2, 0.25) is 0 Å². The summed E-state index contributed by atoms with van der Waals surface area (Å²) < 4.78 is 1.22. The predicted octanol–water partition coefficient (Wildman–Crippen LogP) is 3.85. The summed E-state index contributed by atoms with van der Waals surface area (Å²) in [5, 5.41) is 1.09. The zero-order chi connectivity index (χ0) is 11.8. The predicted molar refractivity (Wildman–Crippen MR) is 70.2 cm³/mol. The fourth-order valence-corrected chi connectivity index (χ4v) is 1.85. The van der Waals surface area contributed by atoms with Crippen LogP contribution >= 0.6 is 15.9 Å². The van der Waals surface area contributed by atoms with E-state index in [-0.39, 0.29) is 5.91 Å². The average Bonchev–Trinajstić information content (AvgIpc) is 2.71. The van der Waals surface area contributed by atoms with E-state index in [1.165, 1.54) is 0 Å². The van der Waals surface area contributed by atoms with Crippen LogP contribution in [0.3, 0.4) is 0 Å². The lowest BCUT2D eigenvalue weighted by Gasteiger charge is -2.19. The lowest BCUT2D eigenvalue weighted by molar-refractivity contribution is 0.0874. The van der Waals surface area contributed by atoms with Crippen LogP contribution in [-0.2, 0) is 0 Å². The number of halogens is 1. The first-order chi connectivity index (χ1) is 7.56. The number of rotatable bonds is 2. The topological polar surface area (TPSA) is 22.0 Å². The molecule has 3 heteroatoms. The van der Waals surface area contributed by atoms with E-state index in [1.807, 2.05) is 50.4 Å². The fourth-order valence-electron chi connectivity index (χ4n) is 1.66. The number of hydrogen-bond acceptors (Lipinski definition) is 1. The lowest BCUT2D eigenvalue weighted by atomic mass is 10.1. The number of carbonyl (C=O) groups is 1. The van der Waals surface area contributed by atoms with E-state index in [2.05, 4.69) is 15.9 Å². The Bertz CT molecular complexity index is 527. The van der Waals surface area contributed by atoms with Crippen molar-refractivity contribution in [2.24, 2.45) is 0 Å². The number of benzene rings is 1. The normalized spacial score (nSPS) is 14.9. The summed E-state index contributed by atoms with van der Waals surface area (Å²) >= 11 is 3.48. The molecule has 0 bridgehead atoms. The molecule has 1 atom stereocenters. The Hall–Kier alpha value is -1.09. The standard InChI is InChI=1S/C13H14BrNO/c1-3-13(2,14)12(16)15-9-8-10-6-4-5-7-11(10)15/h4-9H,3H2,1-2H3. The zero-order valence-corrected chi connectivity index (χ0v) is 11.0. The first kappa shape index (κ1) is 11.4. The van der Waals surface area contributed by atoms with Crippen molar-refractivity contribution in [3.8, 4) is 0 Å². The number of aromatic nitrogens is 1. The van der Waals surface area contributed by atoms with Crippen molar-refractivity contribution in [1.29, 1.82) is 0 Å². The molecule has 0 radical (unpaired) electrons. The van der Waals surface area contributed by atoms with Crippen LogP contribution in [0.1, 0.15) is 25.1 Å². The fraction of sp³-hybridized carbons (Fsp3) is 0.308. The van der Waals surface area contributed by atoms with Gasteiger partial charge in [0, 0.05) is 11.6 Å². The molecule has 84 valence electrons. The molecule has 0 aliphatic heterocycles. The molecule has 1 aromatic carbocycles. The summed E-state index contributed by atoms with van der Waals surface area (Å²) in [6.45, 7) is 3.91. The van der Waals surface area contributed by atoms with E-state index in [0.717, 1.165) is 17.3 Å². The van der Waals surface area contributed by atoms with Crippen LogP contribution in [0.4, 0.5) is 0 Å². The second kappa shape index (κ2) is 4.06. The smallest absolute Gasteiger partial charge is 0.247 e. The first-order valence-electron chi connectivity index (χ1n) is 5.36. The van der Waals surface area contributed by atoms with Crippen LogP contribution in [0, 0.1) is 0 Å². The minimum absolute atomic E-state index is 0.0798. The Kier molecular flexibility index (Phi) is 2.89. The summed E-state index contributed by atoms with van der Waals surface area (Å²) in [6, 6.07) is 9.86. The highest BCUT2D eigenvalue weighted by molar-refractivity contribution is 9.10. The third-order valence-corrected chi connectivity index (χ3v) is 3.83. The zero-order valence-electron chi connectivity index (χ0n) is 9.40. The Labute approximate surface area is 103 Å². The maximum absolute atomic E-state index is 12.3. The van der Waals surface area contributed by atoms with Crippen molar-refractivity contribution >= 4 is 32.7 Å². The Balaban J connectivity index is 2.52. The molecule has 2 rings (SSSR count). The van der Waals surface area contributed by atoms with Crippen molar-refractivity contribution in [3.63, 3.8) is 0 Å². The Morgan fingerprint density at radius 3 is 2.75 bits per heavy atom. The van der Waals surface area contributed by atoms with E-state index in [1.54, 1.807) is 4.57 Å². The second-order valence-corrected chi connectivity index (χ2v) is 5.85. The molecule has 0 spiro atoms. The number of carbonyl (C=O) groups excluding carboxylic acids is 1. The number of alkyl halides is 1. The Morgan fingerprint density at radius 1 is 1.38 bits per heavy atom. The van der Waals surface area contributed by atoms with E-state index in [0.29, 0.717) is 0 Å². The van der Waals surface area contributed by atoms with Crippen molar-refractivity contribution in [2.45, 2.75) is 24.6 Å². The number of hydrogen-bond donors (Lipinski definition) is 0. The minimum Gasteiger partial charge on any atom is -0.286 e. The van der Waals surface area contributed by atoms with Gasteiger partial charge in [-0.15, -0.1) is 0 Å². The summed E-state index contributed by atoms with van der Waals surface area (Å²) in [6.07, 6.45) is 2.60. The maximum atomic E-state index is 12.3. The van der Waals surface area contributed by atoms with Crippen molar-refractivity contribution in [3.05, 3.63) is 36.5 Å². The highest BCUT2D eigenvalue weighted by Gasteiger charge is 2.29. The molecule has 2 nitrogen and oxygen atoms in total. The van der Waals surface area contributed by atoms with Gasteiger partial charge >= 0.3 is 0 Å². The monoisotopic (exact) mass is 279 g/mol. The molecule has 1 unspecified atom stereocenters. The van der Waals surface area contributed by atoms with Gasteiger partial charge in [0.2, 0.25) is 5.91 Å². The molecule has 0 aliphatic rings. The molecule has 0 N–H and O–H groups in total. The lowest BCUT2D eigenvalue weighted by Crippen LogP contribution is -2.32. The van der Waals surface area contributed by atoms with E-state index >= 15 is 0 Å². The van der Waals surface area contributed by atoms with E-state index < -0.39 is 4.32 Å². The van der Waals surface area contributed by atoms with Crippen molar-refractivity contribution in [2.75, 3.05) is 0 Å². The molecule has 2 aromatic rings. The van der Waals surface area contributed by atoms with E-state index in [9.17, 15) is 4.79 Å². The molecule has 1 aromatic heterocycles. The van der Waals surface area contributed by atoms with Gasteiger partial charge in [-0.2, -0.15) is 0 Å². The summed E-state index contributed by atoms with van der Waals surface area (Å²) in [7, 11) is 0. The van der Waals surface area contributed by atoms with E-state index in [4.69, 9.17) is 0 Å². The van der Waals surface area contributed by atoms with Gasteiger partial charge in [0.05, 0.1) is 5.52 Å². The molecule has 1 heterocycles. The number of nitrogens with zero attached hydrogens (tertiary/aromatic N) is 1. The molecule has 16 heavy (non-hydrogen) atoms. The van der Waals surface area contributed by atoms with Gasteiger partial charge in [-0.05, 0) is 25.5 Å². The molecule has 0 amide bonds. The van der Waals surface area contributed by atoms with Crippen molar-refractivity contribution < 1.29 is 4.79 Å². The van der Waals surface area contributed by atoms with Gasteiger partial charge in [-0.1, -0.05) is 41.1 Å². The Morgan fingerprint density at radius 2 is 2.06 bits per heavy atom. The third-order valence-electron chi connectivity index (χ3n) is 2.93. The molecular formula is C13H14BrNO. The first-order valence-corrected chi connectivity index (χ1v) is 6.15. The quantitative estimate of drug-likeness (QED) is 0.766. The highest BCUT2D eigenvalue weighted by atomic mass is 79.9. The van der Waals surface area contributed by atoms with Gasteiger partial charge < -0.3 is 0 Å². The second-order valence-electron chi connectivity index (χ2n) is 4.10.